The van der Waals surface area contributed by atoms with Gasteiger partial charge in [-0.25, -0.2) is 8.42 Å². The van der Waals surface area contributed by atoms with Crippen LogP contribution in [-0.2, 0) is 19.6 Å². The number of carbonyl (C=O) groups is 1. The topological polar surface area (TPSA) is 103 Å². The van der Waals surface area contributed by atoms with E-state index < -0.39 is 15.9 Å². The second-order valence-corrected chi connectivity index (χ2v) is 10.5. The number of amides is 1. The van der Waals surface area contributed by atoms with Gasteiger partial charge in [-0.15, -0.1) is 0 Å². The van der Waals surface area contributed by atoms with Crippen LogP contribution in [0, 0.1) is 5.92 Å². The van der Waals surface area contributed by atoms with Crippen molar-refractivity contribution in [2.75, 3.05) is 23.8 Å². The Balaban J connectivity index is 1.76. The predicted octanol–water partition coefficient (Wildman–Crippen LogP) is 5.11. The summed E-state index contributed by atoms with van der Waals surface area (Å²) in [6.45, 7) is 4.48. The molecule has 0 unspecified atom stereocenters. The van der Waals surface area contributed by atoms with Gasteiger partial charge in [-0.1, -0.05) is 6.07 Å². The first-order valence-corrected chi connectivity index (χ1v) is 13.1. The SMILES string of the molecule is CCOc1cc(NC(=O)C2CCC(OC)CC2)ccc1S(=O)(=O)Nc1cccc(OC(C)(C)F)c1. The summed E-state index contributed by atoms with van der Waals surface area (Å²) in [5, 5.41) is 2.87. The molecule has 1 aliphatic carbocycles. The zero-order valence-corrected chi connectivity index (χ0v) is 21.3. The van der Waals surface area contributed by atoms with Gasteiger partial charge < -0.3 is 19.5 Å². The van der Waals surface area contributed by atoms with Crippen LogP contribution in [0.3, 0.4) is 0 Å². The third kappa shape index (κ3) is 7.57. The molecule has 8 nitrogen and oxygen atoms in total. The third-order valence-corrected chi connectivity index (χ3v) is 7.05. The molecule has 0 heterocycles. The Hall–Kier alpha value is -2.85. The summed E-state index contributed by atoms with van der Waals surface area (Å²) in [4.78, 5) is 12.6. The van der Waals surface area contributed by atoms with Gasteiger partial charge in [0.05, 0.1) is 18.4 Å². The van der Waals surface area contributed by atoms with Gasteiger partial charge in [0.1, 0.15) is 16.4 Å². The molecule has 1 fully saturated rings. The molecule has 1 amide bonds. The number of halogens is 1. The van der Waals surface area contributed by atoms with Crippen molar-refractivity contribution in [2.45, 2.75) is 63.3 Å². The number of methoxy groups -OCH3 is 1. The van der Waals surface area contributed by atoms with Crippen molar-refractivity contribution in [1.29, 1.82) is 0 Å². The van der Waals surface area contributed by atoms with Crippen molar-refractivity contribution in [3.8, 4) is 11.5 Å². The Morgan fingerprint density at radius 3 is 2.43 bits per heavy atom. The molecule has 0 spiro atoms. The summed E-state index contributed by atoms with van der Waals surface area (Å²) in [6.07, 6.45) is 3.33. The first-order chi connectivity index (χ1) is 16.5. The van der Waals surface area contributed by atoms with Gasteiger partial charge in [0.15, 0.2) is 0 Å². The lowest BCUT2D eigenvalue weighted by Gasteiger charge is -2.26. The molecular weight excluding hydrogens is 475 g/mol. The lowest BCUT2D eigenvalue weighted by molar-refractivity contribution is -0.121. The number of hydrogen-bond donors (Lipinski definition) is 2. The van der Waals surface area contributed by atoms with Crippen LogP contribution in [0.1, 0.15) is 46.5 Å². The van der Waals surface area contributed by atoms with Crippen LogP contribution < -0.4 is 19.5 Å². The summed E-state index contributed by atoms with van der Waals surface area (Å²) in [6, 6.07) is 10.4. The molecule has 192 valence electrons. The van der Waals surface area contributed by atoms with E-state index in [1.54, 1.807) is 20.1 Å². The van der Waals surface area contributed by atoms with Gasteiger partial charge in [-0.05, 0) is 56.9 Å². The lowest BCUT2D eigenvalue weighted by Crippen LogP contribution is -2.29. The molecule has 1 aliphatic rings. The summed E-state index contributed by atoms with van der Waals surface area (Å²) < 4.78 is 58.7. The van der Waals surface area contributed by atoms with Crippen molar-refractivity contribution in [3.63, 3.8) is 0 Å². The fourth-order valence-corrected chi connectivity index (χ4v) is 5.17. The van der Waals surface area contributed by atoms with Crippen LogP contribution in [0.15, 0.2) is 47.4 Å². The Labute approximate surface area is 206 Å². The van der Waals surface area contributed by atoms with Crippen molar-refractivity contribution in [3.05, 3.63) is 42.5 Å². The number of benzene rings is 2. The molecule has 0 saturated heterocycles. The van der Waals surface area contributed by atoms with E-state index in [0.717, 1.165) is 25.7 Å². The van der Waals surface area contributed by atoms with E-state index in [0.29, 0.717) is 5.69 Å². The van der Waals surface area contributed by atoms with E-state index in [9.17, 15) is 17.6 Å². The quantitative estimate of drug-likeness (QED) is 0.462. The van der Waals surface area contributed by atoms with Crippen LogP contribution in [0.4, 0.5) is 15.8 Å². The number of sulfonamides is 1. The van der Waals surface area contributed by atoms with Crippen molar-refractivity contribution < 1.29 is 31.8 Å². The normalized spacial score (nSPS) is 18.5. The number of carbonyl (C=O) groups excluding carboxylic acids is 1. The van der Waals surface area contributed by atoms with Crippen LogP contribution >= 0.6 is 0 Å². The minimum absolute atomic E-state index is 0.0879. The maximum atomic E-state index is 13.8. The van der Waals surface area contributed by atoms with Gasteiger partial charge in [0.2, 0.25) is 11.8 Å². The van der Waals surface area contributed by atoms with E-state index >= 15 is 0 Å². The number of alkyl halides is 1. The minimum atomic E-state index is -4.05. The zero-order valence-electron chi connectivity index (χ0n) is 20.5. The molecule has 35 heavy (non-hydrogen) atoms. The summed E-state index contributed by atoms with van der Waals surface area (Å²) in [5.74, 6) is -1.85. The van der Waals surface area contributed by atoms with Gasteiger partial charge in [0, 0.05) is 44.7 Å². The molecule has 0 bridgehead atoms. The maximum Gasteiger partial charge on any atom is 0.265 e. The van der Waals surface area contributed by atoms with E-state index in [2.05, 4.69) is 10.0 Å². The average Bonchev–Trinajstić information content (AvgIpc) is 2.78. The zero-order chi connectivity index (χ0) is 25.6. The first kappa shape index (κ1) is 26.7. The fraction of sp³-hybridized carbons (Fsp3) is 0.480. The Kier molecular flexibility index (Phi) is 8.60. The number of hydrogen-bond acceptors (Lipinski definition) is 6. The standard InChI is InChI=1S/C25H33FN2O6S/c1-5-33-22-16-18(27-24(29)17-9-12-20(32-4)13-10-17)11-14-23(22)35(30,31)28-19-7-6-8-21(15-19)34-25(2,3)26/h6-8,11,14-17,20,28H,5,9-10,12-13H2,1-4H3,(H,27,29). The van der Waals surface area contributed by atoms with Gasteiger partial charge >= 0.3 is 0 Å². The maximum absolute atomic E-state index is 13.8. The Morgan fingerprint density at radius 1 is 1.09 bits per heavy atom. The van der Waals surface area contributed by atoms with E-state index in [1.807, 2.05) is 0 Å². The van der Waals surface area contributed by atoms with E-state index in [-0.39, 0.29) is 46.6 Å². The fourth-order valence-electron chi connectivity index (χ4n) is 3.99. The molecular formula is C25H33FN2O6S. The smallest absolute Gasteiger partial charge is 0.265 e. The monoisotopic (exact) mass is 508 g/mol. The summed E-state index contributed by atoms with van der Waals surface area (Å²) in [5.41, 5.74) is 0.657. The summed E-state index contributed by atoms with van der Waals surface area (Å²) >= 11 is 0. The van der Waals surface area contributed by atoms with E-state index in [1.165, 1.54) is 50.2 Å². The van der Waals surface area contributed by atoms with Gasteiger partial charge in [-0.2, -0.15) is 4.39 Å². The highest BCUT2D eigenvalue weighted by Crippen LogP contribution is 2.32. The van der Waals surface area contributed by atoms with Crippen LogP contribution in [0.25, 0.3) is 0 Å². The molecule has 0 atom stereocenters. The molecule has 0 aliphatic heterocycles. The van der Waals surface area contributed by atoms with Crippen LogP contribution in [0.5, 0.6) is 11.5 Å². The number of ether oxygens (including phenoxy) is 3. The molecule has 2 aromatic carbocycles. The van der Waals surface area contributed by atoms with Gasteiger partial charge in [0.25, 0.3) is 10.0 Å². The average molecular weight is 509 g/mol. The Bertz CT molecular complexity index is 1130. The molecule has 0 aromatic heterocycles. The minimum Gasteiger partial charge on any atom is -0.492 e. The second kappa shape index (κ2) is 11.3. The third-order valence-electron chi connectivity index (χ3n) is 5.63. The van der Waals surface area contributed by atoms with E-state index in [4.69, 9.17) is 14.2 Å². The van der Waals surface area contributed by atoms with Crippen molar-refractivity contribution >= 4 is 27.3 Å². The number of anilines is 2. The largest absolute Gasteiger partial charge is 0.492 e. The lowest BCUT2D eigenvalue weighted by atomic mass is 9.87. The number of nitrogens with one attached hydrogen (secondary N) is 2. The predicted molar refractivity (Wildman–Crippen MR) is 132 cm³/mol. The van der Waals surface area contributed by atoms with Crippen molar-refractivity contribution in [2.24, 2.45) is 5.92 Å². The number of rotatable bonds is 10. The molecule has 2 aromatic rings. The molecule has 2 N–H and O–H groups in total. The highest BCUT2D eigenvalue weighted by molar-refractivity contribution is 7.92. The van der Waals surface area contributed by atoms with Crippen LogP contribution in [0.2, 0.25) is 0 Å². The van der Waals surface area contributed by atoms with Gasteiger partial charge in [-0.3, -0.25) is 9.52 Å². The molecule has 1 saturated carbocycles. The van der Waals surface area contributed by atoms with Crippen LogP contribution in [-0.4, -0.2) is 40.0 Å². The highest BCUT2D eigenvalue weighted by Gasteiger charge is 2.27. The first-order valence-electron chi connectivity index (χ1n) is 11.6. The van der Waals surface area contributed by atoms with Crippen molar-refractivity contribution in [1.82, 2.24) is 0 Å². The highest BCUT2D eigenvalue weighted by atomic mass is 32.2. The Morgan fingerprint density at radius 2 is 1.80 bits per heavy atom. The molecule has 10 heteroatoms. The summed E-state index contributed by atoms with van der Waals surface area (Å²) in [7, 11) is -2.37. The molecule has 0 radical (unpaired) electrons. The molecule has 3 rings (SSSR count). The second-order valence-electron chi connectivity index (χ2n) is 8.89.